The van der Waals surface area contributed by atoms with E-state index in [0.717, 1.165) is 41.9 Å². The molecule has 0 radical (unpaired) electrons. The van der Waals surface area contributed by atoms with Gasteiger partial charge in [-0.3, -0.25) is 9.69 Å². The number of aromatic nitrogens is 2. The van der Waals surface area contributed by atoms with Crippen LogP contribution in [0, 0.1) is 6.92 Å². The van der Waals surface area contributed by atoms with Gasteiger partial charge in [-0.25, -0.2) is 9.78 Å². The molecule has 3 aromatic rings. The molecule has 0 atom stereocenters. The highest BCUT2D eigenvalue weighted by atomic mass is 16.5. The molecule has 198 valence electrons. The number of benzene rings is 1. The van der Waals surface area contributed by atoms with Crippen molar-refractivity contribution >= 4 is 34.5 Å². The van der Waals surface area contributed by atoms with E-state index in [4.69, 9.17) is 14.2 Å². The molecular weight excluding hydrogens is 484 g/mol. The fourth-order valence-corrected chi connectivity index (χ4v) is 4.60. The quantitative estimate of drug-likeness (QED) is 0.242. The number of fused-ring (bicyclic) bond motifs is 1. The van der Waals surface area contributed by atoms with Crippen molar-refractivity contribution in [1.82, 2.24) is 14.9 Å². The van der Waals surface area contributed by atoms with Crippen LogP contribution in [0.4, 0.5) is 5.69 Å². The van der Waals surface area contributed by atoms with Crippen LogP contribution in [-0.4, -0.2) is 59.0 Å². The maximum Gasteiger partial charge on any atom is 0.348 e. The minimum Gasteiger partial charge on any atom is -0.492 e. The van der Waals surface area contributed by atoms with Gasteiger partial charge in [-0.2, -0.15) is 0 Å². The van der Waals surface area contributed by atoms with Crippen LogP contribution in [0.2, 0.25) is 0 Å². The van der Waals surface area contributed by atoms with E-state index in [0.29, 0.717) is 17.9 Å². The number of aryl methyl sites for hydroxylation is 1. The molecular formula is C29H32N4O5. The zero-order chi connectivity index (χ0) is 26.6. The fraction of sp³-hybridized carbons (Fsp3) is 0.345. The third kappa shape index (κ3) is 5.57. The summed E-state index contributed by atoms with van der Waals surface area (Å²) in [6.45, 7) is 9.18. The van der Waals surface area contributed by atoms with Crippen LogP contribution in [-0.2, 0) is 19.1 Å². The molecule has 4 heterocycles. The minimum absolute atomic E-state index is 0.0208. The normalized spacial score (nSPS) is 17.1. The Balaban J connectivity index is 1.36. The van der Waals surface area contributed by atoms with Gasteiger partial charge in [0.2, 0.25) is 11.7 Å². The van der Waals surface area contributed by atoms with E-state index in [1.54, 1.807) is 32.3 Å². The number of rotatable bonds is 9. The first kappa shape index (κ1) is 25.5. The number of likely N-dealkylation sites (tertiary alicyclic amines) is 1. The maximum atomic E-state index is 13.3. The molecule has 1 fully saturated rings. The number of hydrogen-bond donors (Lipinski definition) is 2. The van der Waals surface area contributed by atoms with Gasteiger partial charge in [-0.15, -0.1) is 0 Å². The van der Waals surface area contributed by atoms with Crippen LogP contribution in [0.5, 0.6) is 5.75 Å². The Hall–Kier alpha value is -4.11. The second kappa shape index (κ2) is 11.1. The average molecular weight is 517 g/mol. The lowest BCUT2D eigenvalue weighted by molar-refractivity contribution is -0.143. The molecule has 0 amide bonds. The van der Waals surface area contributed by atoms with Gasteiger partial charge >= 0.3 is 5.97 Å². The second-order valence-electron chi connectivity index (χ2n) is 9.74. The lowest BCUT2D eigenvalue weighted by Crippen LogP contribution is -2.25. The number of Topliss-reactive ketones (excluding diaryl/α,β-unsaturated/α-hetero) is 1. The standard InChI is InChI=1S/C29H32N4O5/c1-18(2)37-29(35)25-26(34)24(16-20-17-31-27-22(20)7-6-10-30-27)38-28(25)32-23-9-8-21(15-19(23)3)36-14-13-33-11-4-5-12-33/h6-10,15-18,32H,4-5,11-14H2,1-3H3,(H,30,31). The van der Waals surface area contributed by atoms with Crippen molar-refractivity contribution in [2.75, 3.05) is 31.6 Å². The summed E-state index contributed by atoms with van der Waals surface area (Å²) in [7, 11) is 0. The van der Waals surface area contributed by atoms with E-state index in [9.17, 15) is 9.59 Å². The lowest BCUT2D eigenvalue weighted by Gasteiger charge is -2.16. The van der Waals surface area contributed by atoms with Gasteiger partial charge in [0.15, 0.2) is 11.3 Å². The van der Waals surface area contributed by atoms with E-state index in [1.165, 1.54) is 12.8 Å². The van der Waals surface area contributed by atoms with Crippen LogP contribution in [0.3, 0.4) is 0 Å². The van der Waals surface area contributed by atoms with Gasteiger partial charge in [0, 0.05) is 35.6 Å². The number of hydrogen-bond acceptors (Lipinski definition) is 8. The summed E-state index contributed by atoms with van der Waals surface area (Å²) < 4.78 is 17.2. The first-order valence-electron chi connectivity index (χ1n) is 12.9. The number of H-pyrrole nitrogens is 1. The molecule has 0 aliphatic carbocycles. The van der Waals surface area contributed by atoms with E-state index < -0.39 is 17.9 Å². The molecule has 9 nitrogen and oxygen atoms in total. The summed E-state index contributed by atoms with van der Waals surface area (Å²) in [5, 5.41) is 3.96. The van der Waals surface area contributed by atoms with Crippen molar-refractivity contribution in [3.63, 3.8) is 0 Å². The molecule has 1 aromatic carbocycles. The van der Waals surface area contributed by atoms with Crippen LogP contribution >= 0.6 is 0 Å². The summed E-state index contributed by atoms with van der Waals surface area (Å²) in [5.74, 6) is -0.465. The van der Waals surface area contributed by atoms with E-state index in [-0.39, 0.29) is 17.2 Å². The Morgan fingerprint density at radius 2 is 2.08 bits per heavy atom. The van der Waals surface area contributed by atoms with Gasteiger partial charge in [-0.1, -0.05) is 0 Å². The highest BCUT2D eigenvalue weighted by molar-refractivity contribution is 6.27. The topological polar surface area (TPSA) is 106 Å². The largest absolute Gasteiger partial charge is 0.492 e. The number of allylic oxidation sites excluding steroid dienone is 1. The SMILES string of the molecule is Cc1cc(OCCN2CCCC2)ccc1NC1=C(C(=O)OC(C)C)C(=O)C(=Cc2c[nH]c3ncccc23)O1. The van der Waals surface area contributed by atoms with Crippen molar-refractivity contribution < 1.29 is 23.8 Å². The summed E-state index contributed by atoms with van der Waals surface area (Å²) in [6.07, 6.45) is 7.14. The summed E-state index contributed by atoms with van der Waals surface area (Å²) in [6, 6.07) is 9.34. The molecule has 0 spiro atoms. The molecule has 0 bridgehead atoms. The number of ether oxygens (including phenoxy) is 3. The molecule has 0 unspecified atom stereocenters. The van der Waals surface area contributed by atoms with E-state index in [2.05, 4.69) is 20.2 Å². The molecule has 0 saturated carbocycles. The Morgan fingerprint density at radius 1 is 1.26 bits per heavy atom. The Labute approximate surface area is 221 Å². The zero-order valence-corrected chi connectivity index (χ0v) is 21.9. The zero-order valence-electron chi connectivity index (χ0n) is 21.9. The second-order valence-corrected chi connectivity index (χ2v) is 9.74. The number of carbonyl (C=O) groups excluding carboxylic acids is 2. The molecule has 5 rings (SSSR count). The first-order chi connectivity index (χ1) is 18.4. The predicted molar refractivity (Wildman–Crippen MR) is 144 cm³/mol. The molecule has 38 heavy (non-hydrogen) atoms. The molecule has 1 saturated heterocycles. The van der Waals surface area contributed by atoms with Gasteiger partial charge in [0.05, 0.1) is 6.10 Å². The molecule has 2 N–H and O–H groups in total. The van der Waals surface area contributed by atoms with Crippen molar-refractivity contribution in [2.24, 2.45) is 0 Å². The van der Waals surface area contributed by atoms with Gasteiger partial charge in [0.25, 0.3) is 0 Å². The lowest BCUT2D eigenvalue weighted by atomic mass is 10.1. The number of esters is 1. The Morgan fingerprint density at radius 3 is 2.84 bits per heavy atom. The van der Waals surface area contributed by atoms with Crippen LogP contribution < -0.4 is 10.1 Å². The summed E-state index contributed by atoms with van der Waals surface area (Å²) >= 11 is 0. The van der Waals surface area contributed by atoms with Gasteiger partial charge in [-0.05, 0) is 88.7 Å². The number of nitrogens with one attached hydrogen (secondary N) is 2. The highest BCUT2D eigenvalue weighted by Crippen LogP contribution is 2.32. The number of carbonyl (C=O) groups is 2. The van der Waals surface area contributed by atoms with Gasteiger partial charge < -0.3 is 24.5 Å². The summed E-state index contributed by atoms with van der Waals surface area (Å²) in [5.41, 5.74) is 2.80. The molecule has 2 aromatic heterocycles. The Bertz CT molecular complexity index is 1420. The highest BCUT2D eigenvalue weighted by Gasteiger charge is 2.37. The maximum absolute atomic E-state index is 13.3. The fourth-order valence-electron chi connectivity index (χ4n) is 4.60. The van der Waals surface area contributed by atoms with Crippen LogP contribution in [0.1, 0.15) is 37.8 Å². The molecule has 9 heteroatoms. The third-order valence-electron chi connectivity index (χ3n) is 6.53. The van der Waals surface area contributed by atoms with Crippen molar-refractivity contribution in [3.8, 4) is 5.75 Å². The molecule has 2 aliphatic heterocycles. The van der Waals surface area contributed by atoms with E-state index in [1.807, 2.05) is 37.3 Å². The number of nitrogens with zero attached hydrogens (tertiary/aromatic N) is 2. The first-order valence-corrected chi connectivity index (χ1v) is 12.9. The van der Waals surface area contributed by atoms with Crippen molar-refractivity contribution in [3.05, 3.63) is 71.1 Å². The van der Waals surface area contributed by atoms with E-state index >= 15 is 0 Å². The number of anilines is 1. The number of pyridine rings is 1. The van der Waals surface area contributed by atoms with Crippen LogP contribution in [0.25, 0.3) is 17.1 Å². The van der Waals surface area contributed by atoms with Gasteiger partial charge in [0.1, 0.15) is 18.0 Å². The van der Waals surface area contributed by atoms with Crippen LogP contribution in [0.15, 0.2) is 59.9 Å². The predicted octanol–water partition coefficient (Wildman–Crippen LogP) is 4.56. The molecule has 2 aliphatic rings. The number of ketones is 1. The monoisotopic (exact) mass is 516 g/mol. The van der Waals surface area contributed by atoms with Crippen molar-refractivity contribution in [1.29, 1.82) is 0 Å². The minimum atomic E-state index is -0.740. The number of aromatic amines is 1. The Kier molecular flexibility index (Phi) is 7.46. The summed E-state index contributed by atoms with van der Waals surface area (Å²) in [4.78, 5) is 36.0. The smallest absolute Gasteiger partial charge is 0.348 e. The van der Waals surface area contributed by atoms with Crippen molar-refractivity contribution in [2.45, 2.75) is 39.7 Å². The third-order valence-corrected chi connectivity index (χ3v) is 6.53. The average Bonchev–Trinajstić information content (AvgIpc) is 3.61.